The Kier molecular flexibility index (Phi) is 5.46. The van der Waals surface area contributed by atoms with Crippen molar-refractivity contribution in [3.8, 4) is 0 Å². The van der Waals surface area contributed by atoms with Gasteiger partial charge in [-0.05, 0) is 27.3 Å². The van der Waals surface area contributed by atoms with Crippen LogP contribution in [0.1, 0.15) is 20.3 Å². The number of hydrogen-bond acceptors (Lipinski definition) is 3. The molecule has 0 heterocycles. The lowest BCUT2D eigenvalue weighted by molar-refractivity contribution is 0.122. The van der Waals surface area contributed by atoms with Crippen molar-refractivity contribution in [3.63, 3.8) is 0 Å². The van der Waals surface area contributed by atoms with Gasteiger partial charge in [0.2, 0.25) is 0 Å². The van der Waals surface area contributed by atoms with Crippen LogP contribution in [0.3, 0.4) is 0 Å². The summed E-state index contributed by atoms with van der Waals surface area (Å²) in [6.45, 7) is 5.05. The van der Waals surface area contributed by atoms with Gasteiger partial charge in [-0.25, -0.2) is 0 Å². The van der Waals surface area contributed by atoms with Gasteiger partial charge in [-0.1, -0.05) is 0 Å². The third kappa shape index (κ3) is 7.78. The smallest absolute Gasteiger partial charge is 0.0638 e. The van der Waals surface area contributed by atoms with E-state index in [4.69, 9.17) is 10.2 Å². The molecule has 11 heavy (non-hydrogen) atoms. The zero-order valence-corrected chi connectivity index (χ0v) is 7.62. The number of rotatable bonds is 5. The van der Waals surface area contributed by atoms with E-state index in [0.29, 0.717) is 6.54 Å². The standard InChI is InChI=1S/C8H19NO2/c1-7(10)4-5-9(3)6-8(2)11/h7-8,10-11H,4-6H2,1-3H3/t7?,8-/m1/s1. The second-order valence-corrected chi connectivity index (χ2v) is 3.25. The largest absolute Gasteiger partial charge is 0.393 e. The van der Waals surface area contributed by atoms with E-state index >= 15 is 0 Å². The van der Waals surface area contributed by atoms with Gasteiger partial charge in [0.15, 0.2) is 0 Å². The highest BCUT2D eigenvalue weighted by Gasteiger charge is 2.03. The van der Waals surface area contributed by atoms with Gasteiger partial charge < -0.3 is 15.1 Å². The molecule has 0 spiro atoms. The van der Waals surface area contributed by atoms with Crippen LogP contribution in [-0.4, -0.2) is 47.5 Å². The third-order valence-electron chi connectivity index (χ3n) is 1.50. The first-order valence-corrected chi connectivity index (χ1v) is 4.07. The molecular weight excluding hydrogens is 142 g/mol. The minimum atomic E-state index is -0.283. The first kappa shape index (κ1) is 10.9. The van der Waals surface area contributed by atoms with Crippen LogP contribution >= 0.6 is 0 Å². The second kappa shape index (κ2) is 5.52. The molecule has 1 unspecified atom stereocenters. The summed E-state index contributed by atoms with van der Waals surface area (Å²) in [7, 11) is 1.94. The first-order valence-electron chi connectivity index (χ1n) is 4.07. The van der Waals surface area contributed by atoms with Crippen molar-refractivity contribution in [2.45, 2.75) is 32.5 Å². The summed E-state index contributed by atoms with van der Waals surface area (Å²) < 4.78 is 0. The maximum Gasteiger partial charge on any atom is 0.0638 e. The molecular formula is C8H19NO2. The fourth-order valence-electron chi connectivity index (χ4n) is 0.950. The molecule has 0 aliphatic heterocycles. The number of aliphatic hydroxyl groups is 2. The highest BCUT2D eigenvalue weighted by Crippen LogP contribution is 1.94. The van der Waals surface area contributed by atoms with Crippen molar-refractivity contribution in [1.29, 1.82) is 0 Å². The van der Waals surface area contributed by atoms with Gasteiger partial charge in [-0.2, -0.15) is 0 Å². The molecule has 0 fully saturated rings. The number of nitrogens with zero attached hydrogens (tertiary/aromatic N) is 1. The monoisotopic (exact) mass is 161 g/mol. The average molecular weight is 161 g/mol. The molecule has 0 aromatic rings. The lowest BCUT2D eigenvalue weighted by atomic mass is 10.2. The van der Waals surface area contributed by atoms with Crippen LogP contribution in [0.5, 0.6) is 0 Å². The van der Waals surface area contributed by atoms with Crippen LogP contribution in [0.25, 0.3) is 0 Å². The Hall–Kier alpha value is -0.120. The predicted octanol–water partition coefficient (Wildman–Crippen LogP) is 0.0699. The van der Waals surface area contributed by atoms with Crippen LogP contribution < -0.4 is 0 Å². The minimum absolute atomic E-state index is 0.244. The van der Waals surface area contributed by atoms with Crippen molar-refractivity contribution in [1.82, 2.24) is 4.90 Å². The number of aliphatic hydroxyl groups excluding tert-OH is 2. The van der Waals surface area contributed by atoms with Gasteiger partial charge in [0.05, 0.1) is 12.2 Å². The normalized spacial score (nSPS) is 16.9. The Morgan fingerprint density at radius 3 is 2.09 bits per heavy atom. The van der Waals surface area contributed by atoms with Gasteiger partial charge in [0.25, 0.3) is 0 Å². The molecule has 0 saturated carbocycles. The van der Waals surface area contributed by atoms with E-state index in [1.54, 1.807) is 13.8 Å². The van der Waals surface area contributed by atoms with Crippen LogP contribution in [-0.2, 0) is 0 Å². The van der Waals surface area contributed by atoms with Gasteiger partial charge in [0, 0.05) is 13.1 Å². The zero-order valence-electron chi connectivity index (χ0n) is 7.62. The molecule has 0 amide bonds. The minimum Gasteiger partial charge on any atom is -0.393 e. The summed E-state index contributed by atoms with van der Waals surface area (Å²) in [5.74, 6) is 0. The molecule has 2 atom stereocenters. The number of hydrogen-bond donors (Lipinski definition) is 2. The molecule has 0 aliphatic carbocycles. The summed E-state index contributed by atoms with van der Waals surface area (Å²) in [4.78, 5) is 2.01. The summed E-state index contributed by atoms with van der Waals surface area (Å²) in [6, 6.07) is 0. The Morgan fingerprint density at radius 1 is 1.18 bits per heavy atom. The molecule has 3 nitrogen and oxygen atoms in total. The maximum atomic E-state index is 8.98. The molecule has 0 aromatic heterocycles. The Bertz CT molecular complexity index is 94.1. The number of likely N-dealkylation sites (N-methyl/N-ethyl adjacent to an activating group) is 1. The Balaban J connectivity index is 3.29. The fourth-order valence-corrected chi connectivity index (χ4v) is 0.950. The van der Waals surface area contributed by atoms with Gasteiger partial charge in [0.1, 0.15) is 0 Å². The molecule has 3 heteroatoms. The summed E-state index contributed by atoms with van der Waals surface area (Å²) in [5.41, 5.74) is 0. The van der Waals surface area contributed by atoms with Crippen molar-refractivity contribution >= 4 is 0 Å². The van der Waals surface area contributed by atoms with Crippen molar-refractivity contribution in [3.05, 3.63) is 0 Å². The van der Waals surface area contributed by atoms with E-state index < -0.39 is 0 Å². The Morgan fingerprint density at radius 2 is 1.73 bits per heavy atom. The van der Waals surface area contributed by atoms with E-state index in [0.717, 1.165) is 13.0 Å². The van der Waals surface area contributed by atoms with Crippen molar-refractivity contribution in [2.75, 3.05) is 20.1 Å². The van der Waals surface area contributed by atoms with E-state index in [2.05, 4.69) is 0 Å². The average Bonchev–Trinajstić information content (AvgIpc) is 1.82. The predicted molar refractivity (Wildman–Crippen MR) is 45.5 cm³/mol. The summed E-state index contributed by atoms with van der Waals surface area (Å²) in [6.07, 6.45) is 0.240. The SMILES string of the molecule is CC(O)CCN(C)C[C@@H](C)O. The van der Waals surface area contributed by atoms with Crippen LogP contribution in [0.4, 0.5) is 0 Å². The molecule has 2 N–H and O–H groups in total. The molecule has 0 saturated heterocycles. The lowest BCUT2D eigenvalue weighted by Crippen LogP contribution is -2.29. The van der Waals surface area contributed by atoms with Crippen molar-refractivity contribution < 1.29 is 10.2 Å². The van der Waals surface area contributed by atoms with Crippen LogP contribution in [0, 0.1) is 0 Å². The molecule has 68 valence electrons. The molecule has 0 rings (SSSR count). The van der Waals surface area contributed by atoms with E-state index in [1.165, 1.54) is 0 Å². The van der Waals surface area contributed by atoms with Crippen molar-refractivity contribution in [2.24, 2.45) is 0 Å². The lowest BCUT2D eigenvalue weighted by Gasteiger charge is -2.18. The van der Waals surface area contributed by atoms with E-state index in [9.17, 15) is 0 Å². The third-order valence-corrected chi connectivity index (χ3v) is 1.50. The van der Waals surface area contributed by atoms with Crippen LogP contribution in [0.15, 0.2) is 0 Å². The van der Waals surface area contributed by atoms with Gasteiger partial charge in [-0.15, -0.1) is 0 Å². The molecule has 0 aromatic carbocycles. The second-order valence-electron chi connectivity index (χ2n) is 3.25. The van der Waals surface area contributed by atoms with E-state index in [-0.39, 0.29) is 12.2 Å². The van der Waals surface area contributed by atoms with E-state index in [1.807, 2.05) is 11.9 Å². The fraction of sp³-hybridized carbons (Fsp3) is 1.00. The molecule has 0 bridgehead atoms. The van der Waals surface area contributed by atoms with Gasteiger partial charge >= 0.3 is 0 Å². The summed E-state index contributed by atoms with van der Waals surface area (Å²) >= 11 is 0. The zero-order chi connectivity index (χ0) is 8.85. The Labute approximate surface area is 68.6 Å². The maximum absolute atomic E-state index is 8.98. The topological polar surface area (TPSA) is 43.7 Å². The molecule has 0 radical (unpaired) electrons. The summed E-state index contributed by atoms with van der Waals surface area (Å²) in [5, 5.41) is 17.9. The highest BCUT2D eigenvalue weighted by molar-refractivity contribution is 4.57. The highest BCUT2D eigenvalue weighted by atomic mass is 16.3. The van der Waals surface area contributed by atoms with Crippen LogP contribution in [0.2, 0.25) is 0 Å². The molecule has 0 aliphatic rings. The first-order chi connectivity index (χ1) is 5.02. The van der Waals surface area contributed by atoms with Gasteiger partial charge in [-0.3, -0.25) is 0 Å². The quantitative estimate of drug-likeness (QED) is 0.599.